The standard InChI is InChI=1S/C12H17F3N4/c13-12(14,15)10-2-1-5-19(8-10)7-9-3-4-11(18-16)17-6-9/h3-4,6,10H,1-2,5,7-8,16H2,(H,17,18). The second-order valence-electron chi connectivity index (χ2n) is 4.81. The van der Waals surface area contributed by atoms with Crippen molar-refractivity contribution in [1.29, 1.82) is 0 Å². The van der Waals surface area contributed by atoms with E-state index in [4.69, 9.17) is 5.84 Å². The summed E-state index contributed by atoms with van der Waals surface area (Å²) < 4.78 is 38.1. The molecule has 0 amide bonds. The van der Waals surface area contributed by atoms with E-state index in [0.717, 1.165) is 5.56 Å². The molecule has 106 valence electrons. The summed E-state index contributed by atoms with van der Waals surface area (Å²) in [6.45, 7) is 1.26. The summed E-state index contributed by atoms with van der Waals surface area (Å²) in [5.74, 6) is 4.53. The average Bonchev–Trinajstić information content (AvgIpc) is 2.39. The number of likely N-dealkylation sites (tertiary alicyclic amines) is 1. The van der Waals surface area contributed by atoms with E-state index in [9.17, 15) is 13.2 Å². The Kier molecular flexibility index (Phi) is 4.26. The van der Waals surface area contributed by atoms with Crippen molar-refractivity contribution in [2.24, 2.45) is 11.8 Å². The van der Waals surface area contributed by atoms with Crippen molar-refractivity contribution in [3.8, 4) is 0 Å². The van der Waals surface area contributed by atoms with Gasteiger partial charge < -0.3 is 5.43 Å². The third-order valence-electron chi connectivity index (χ3n) is 3.35. The smallest absolute Gasteiger partial charge is 0.308 e. The highest BCUT2D eigenvalue weighted by Crippen LogP contribution is 2.33. The maximum atomic E-state index is 12.7. The fourth-order valence-corrected chi connectivity index (χ4v) is 2.33. The number of hydrogen-bond acceptors (Lipinski definition) is 4. The van der Waals surface area contributed by atoms with Crippen molar-refractivity contribution in [2.45, 2.75) is 25.6 Å². The molecule has 3 N–H and O–H groups in total. The molecule has 0 bridgehead atoms. The van der Waals surface area contributed by atoms with Crippen molar-refractivity contribution < 1.29 is 13.2 Å². The number of nitrogens with two attached hydrogens (primary N) is 1. The zero-order chi connectivity index (χ0) is 13.9. The van der Waals surface area contributed by atoms with Crippen LogP contribution in [0.15, 0.2) is 18.3 Å². The topological polar surface area (TPSA) is 54.2 Å². The summed E-state index contributed by atoms with van der Waals surface area (Å²) in [5, 5.41) is 0. The highest BCUT2D eigenvalue weighted by molar-refractivity contribution is 5.33. The van der Waals surface area contributed by atoms with Crippen LogP contribution in [-0.4, -0.2) is 29.1 Å². The van der Waals surface area contributed by atoms with Crippen LogP contribution in [0.25, 0.3) is 0 Å². The first-order chi connectivity index (χ1) is 8.99. The number of nitrogens with zero attached hydrogens (tertiary/aromatic N) is 2. The molecule has 19 heavy (non-hydrogen) atoms. The lowest BCUT2D eigenvalue weighted by Gasteiger charge is -2.33. The molecule has 1 fully saturated rings. The highest BCUT2D eigenvalue weighted by atomic mass is 19.4. The largest absolute Gasteiger partial charge is 0.393 e. The highest BCUT2D eigenvalue weighted by Gasteiger charge is 2.41. The van der Waals surface area contributed by atoms with Crippen LogP contribution in [0.1, 0.15) is 18.4 Å². The van der Waals surface area contributed by atoms with Crippen molar-refractivity contribution in [1.82, 2.24) is 9.88 Å². The van der Waals surface area contributed by atoms with Gasteiger partial charge in [0.05, 0.1) is 5.92 Å². The number of piperidine rings is 1. The molecule has 1 aromatic rings. The summed E-state index contributed by atoms with van der Waals surface area (Å²) >= 11 is 0. The number of anilines is 1. The van der Waals surface area contributed by atoms with Gasteiger partial charge in [0.15, 0.2) is 0 Å². The van der Waals surface area contributed by atoms with Crippen LogP contribution < -0.4 is 11.3 Å². The monoisotopic (exact) mass is 274 g/mol. The Hall–Kier alpha value is -1.34. The lowest BCUT2D eigenvalue weighted by Crippen LogP contribution is -2.41. The Morgan fingerprint density at radius 1 is 1.42 bits per heavy atom. The van der Waals surface area contributed by atoms with Crippen LogP contribution in [0, 0.1) is 5.92 Å². The van der Waals surface area contributed by atoms with E-state index in [1.54, 1.807) is 12.3 Å². The molecule has 7 heteroatoms. The molecule has 0 spiro atoms. The maximum Gasteiger partial charge on any atom is 0.393 e. The number of rotatable bonds is 3. The maximum absolute atomic E-state index is 12.7. The average molecular weight is 274 g/mol. The molecule has 1 saturated heterocycles. The summed E-state index contributed by atoms with van der Waals surface area (Å²) in [6.07, 6.45) is -1.65. The Morgan fingerprint density at radius 2 is 2.21 bits per heavy atom. The van der Waals surface area contributed by atoms with E-state index in [2.05, 4.69) is 10.4 Å². The summed E-state index contributed by atoms with van der Waals surface area (Å²) in [4.78, 5) is 5.87. The predicted molar refractivity (Wildman–Crippen MR) is 66.1 cm³/mol. The van der Waals surface area contributed by atoms with Gasteiger partial charge in [0.2, 0.25) is 0 Å². The van der Waals surface area contributed by atoms with Crippen molar-refractivity contribution in [3.05, 3.63) is 23.9 Å². The minimum absolute atomic E-state index is 0.0698. The van der Waals surface area contributed by atoms with Crippen LogP contribution in [0.4, 0.5) is 19.0 Å². The van der Waals surface area contributed by atoms with E-state index in [1.165, 1.54) is 0 Å². The quantitative estimate of drug-likeness (QED) is 0.655. The molecule has 4 nitrogen and oxygen atoms in total. The first-order valence-electron chi connectivity index (χ1n) is 6.19. The van der Waals surface area contributed by atoms with E-state index in [1.807, 2.05) is 11.0 Å². The second kappa shape index (κ2) is 5.75. The van der Waals surface area contributed by atoms with Crippen LogP contribution in [0.5, 0.6) is 0 Å². The van der Waals surface area contributed by atoms with Gasteiger partial charge in [-0.15, -0.1) is 0 Å². The van der Waals surface area contributed by atoms with Crippen LogP contribution in [-0.2, 0) is 6.54 Å². The van der Waals surface area contributed by atoms with Crippen LogP contribution in [0.3, 0.4) is 0 Å². The van der Waals surface area contributed by atoms with Gasteiger partial charge in [-0.3, -0.25) is 4.90 Å². The predicted octanol–water partition coefficient (Wildman–Crippen LogP) is 2.14. The normalized spacial score (nSPS) is 21.4. The van der Waals surface area contributed by atoms with Gasteiger partial charge in [0.1, 0.15) is 5.82 Å². The van der Waals surface area contributed by atoms with Crippen molar-refractivity contribution >= 4 is 5.82 Å². The fourth-order valence-electron chi connectivity index (χ4n) is 2.33. The number of nitrogens with one attached hydrogen (secondary N) is 1. The van der Waals surface area contributed by atoms with Gasteiger partial charge in [-0.1, -0.05) is 6.07 Å². The Morgan fingerprint density at radius 3 is 2.79 bits per heavy atom. The van der Waals surface area contributed by atoms with Gasteiger partial charge >= 0.3 is 6.18 Å². The van der Waals surface area contributed by atoms with Gasteiger partial charge in [-0.2, -0.15) is 13.2 Å². The van der Waals surface area contributed by atoms with Gasteiger partial charge in [-0.05, 0) is 31.0 Å². The first-order valence-corrected chi connectivity index (χ1v) is 6.19. The molecule has 0 aliphatic carbocycles. The number of halogens is 3. The minimum Gasteiger partial charge on any atom is -0.308 e. The number of pyridine rings is 1. The molecule has 1 atom stereocenters. The second-order valence-corrected chi connectivity index (χ2v) is 4.81. The van der Waals surface area contributed by atoms with Gasteiger partial charge in [0.25, 0.3) is 0 Å². The lowest BCUT2D eigenvalue weighted by molar-refractivity contribution is -0.187. The zero-order valence-electron chi connectivity index (χ0n) is 10.5. The number of hydrazine groups is 1. The van der Waals surface area contributed by atoms with Crippen molar-refractivity contribution in [2.75, 3.05) is 18.5 Å². The molecule has 1 unspecified atom stereocenters. The molecule has 0 radical (unpaired) electrons. The SMILES string of the molecule is NNc1ccc(CN2CCCC(C(F)(F)F)C2)cn1. The van der Waals surface area contributed by atoms with Gasteiger partial charge in [0, 0.05) is 19.3 Å². The summed E-state index contributed by atoms with van der Waals surface area (Å²) in [6, 6.07) is 3.53. The molecule has 0 saturated carbocycles. The van der Waals surface area contributed by atoms with Gasteiger partial charge in [-0.25, -0.2) is 10.8 Å². The first kappa shape index (κ1) is 14.1. The number of aromatic nitrogens is 1. The number of alkyl halides is 3. The lowest BCUT2D eigenvalue weighted by atomic mass is 9.97. The van der Waals surface area contributed by atoms with Crippen LogP contribution in [0.2, 0.25) is 0 Å². The third kappa shape index (κ3) is 3.81. The molecule has 1 aromatic heterocycles. The Bertz CT molecular complexity index is 404. The van der Waals surface area contributed by atoms with Crippen LogP contribution >= 0.6 is 0 Å². The van der Waals surface area contributed by atoms with E-state index in [0.29, 0.717) is 25.3 Å². The van der Waals surface area contributed by atoms with E-state index < -0.39 is 12.1 Å². The van der Waals surface area contributed by atoms with Crippen molar-refractivity contribution in [3.63, 3.8) is 0 Å². The molecule has 1 aliphatic rings. The fraction of sp³-hybridized carbons (Fsp3) is 0.583. The molecule has 2 rings (SSSR count). The molecule has 2 heterocycles. The third-order valence-corrected chi connectivity index (χ3v) is 3.35. The summed E-state index contributed by atoms with van der Waals surface area (Å²) in [7, 11) is 0. The summed E-state index contributed by atoms with van der Waals surface area (Å²) in [5.41, 5.74) is 3.30. The van der Waals surface area contributed by atoms with E-state index in [-0.39, 0.29) is 13.0 Å². The molecule has 0 aromatic carbocycles. The van der Waals surface area contributed by atoms with E-state index >= 15 is 0 Å². The zero-order valence-corrected chi connectivity index (χ0v) is 10.5. The molecular formula is C12H17F3N4. The number of hydrogen-bond donors (Lipinski definition) is 2. The minimum atomic E-state index is -4.09. The molecular weight excluding hydrogens is 257 g/mol. The Labute approximate surface area is 109 Å². The molecule has 1 aliphatic heterocycles. The Balaban J connectivity index is 1.94. The number of nitrogen functional groups attached to an aromatic ring is 1.